The van der Waals surface area contributed by atoms with Crippen molar-refractivity contribution in [1.29, 1.82) is 0 Å². The number of nitrogens with zero attached hydrogens (tertiary/aromatic N) is 3. The van der Waals surface area contributed by atoms with Gasteiger partial charge in [0.05, 0.1) is 6.61 Å². The molecule has 0 aliphatic carbocycles. The molecule has 0 fully saturated rings. The van der Waals surface area contributed by atoms with Crippen LogP contribution >= 0.6 is 0 Å². The molecule has 5 heteroatoms. The summed E-state index contributed by atoms with van der Waals surface area (Å²) in [6, 6.07) is 11.9. The van der Waals surface area contributed by atoms with Crippen LogP contribution in [0.2, 0.25) is 0 Å². The Labute approximate surface area is 125 Å². The maximum atomic E-state index is 5.64. The van der Waals surface area contributed by atoms with E-state index in [4.69, 9.17) is 10.5 Å². The standard InChI is InChI=1S/C16H22N4O/c1-2-13-21-15-9-11-18-16(19-15)20(12-6-10-17)14-7-4-3-5-8-14/h3-5,7-9,11H,2,6,10,12-13,17H2,1H3. The molecule has 0 bridgehead atoms. The van der Waals surface area contributed by atoms with Gasteiger partial charge in [0.25, 0.3) is 0 Å². The van der Waals surface area contributed by atoms with E-state index in [9.17, 15) is 0 Å². The molecule has 21 heavy (non-hydrogen) atoms. The van der Waals surface area contributed by atoms with Gasteiger partial charge in [-0.15, -0.1) is 0 Å². The zero-order valence-electron chi connectivity index (χ0n) is 12.4. The van der Waals surface area contributed by atoms with Gasteiger partial charge in [0, 0.05) is 24.5 Å². The van der Waals surface area contributed by atoms with Gasteiger partial charge in [0.1, 0.15) is 0 Å². The molecule has 1 aromatic carbocycles. The minimum atomic E-state index is 0.607. The molecule has 5 nitrogen and oxygen atoms in total. The molecule has 2 aromatic rings. The van der Waals surface area contributed by atoms with Crippen LogP contribution in [0, 0.1) is 0 Å². The summed E-state index contributed by atoms with van der Waals surface area (Å²) < 4.78 is 5.58. The molecule has 112 valence electrons. The van der Waals surface area contributed by atoms with Gasteiger partial charge in [-0.05, 0) is 31.5 Å². The lowest BCUT2D eigenvalue weighted by Gasteiger charge is -2.22. The van der Waals surface area contributed by atoms with Crippen LogP contribution < -0.4 is 15.4 Å². The van der Waals surface area contributed by atoms with Crippen LogP contribution in [0.5, 0.6) is 5.88 Å². The summed E-state index contributed by atoms with van der Waals surface area (Å²) in [5.74, 6) is 1.25. The van der Waals surface area contributed by atoms with Gasteiger partial charge < -0.3 is 15.4 Å². The molecule has 0 saturated carbocycles. The molecule has 0 atom stereocenters. The zero-order chi connectivity index (χ0) is 14.9. The van der Waals surface area contributed by atoms with Crippen molar-refractivity contribution in [3.8, 4) is 5.88 Å². The van der Waals surface area contributed by atoms with Crippen LogP contribution in [-0.2, 0) is 0 Å². The van der Waals surface area contributed by atoms with Crippen molar-refractivity contribution < 1.29 is 4.74 Å². The Kier molecular flexibility index (Phi) is 5.97. The predicted octanol–water partition coefficient (Wildman–Crippen LogP) is 2.75. The minimum Gasteiger partial charge on any atom is -0.478 e. The number of hydrogen-bond donors (Lipinski definition) is 1. The lowest BCUT2D eigenvalue weighted by Crippen LogP contribution is -2.23. The van der Waals surface area contributed by atoms with Crippen molar-refractivity contribution in [2.75, 3.05) is 24.6 Å². The molecule has 1 heterocycles. The third-order valence-corrected chi connectivity index (χ3v) is 2.97. The number of nitrogens with two attached hydrogens (primary N) is 1. The molecule has 0 aliphatic rings. The number of anilines is 2. The first-order valence-corrected chi connectivity index (χ1v) is 7.33. The molecule has 2 rings (SSSR count). The van der Waals surface area contributed by atoms with Crippen LogP contribution in [0.15, 0.2) is 42.6 Å². The highest BCUT2D eigenvalue weighted by Gasteiger charge is 2.12. The Morgan fingerprint density at radius 2 is 2.00 bits per heavy atom. The van der Waals surface area contributed by atoms with Crippen molar-refractivity contribution in [2.24, 2.45) is 5.73 Å². The largest absolute Gasteiger partial charge is 0.478 e. The highest BCUT2D eigenvalue weighted by Crippen LogP contribution is 2.23. The van der Waals surface area contributed by atoms with Gasteiger partial charge in [-0.1, -0.05) is 25.1 Å². The number of rotatable bonds is 8. The topological polar surface area (TPSA) is 64.3 Å². The molecule has 0 aliphatic heterocycles. The third-order valence-electron chi connectivity index (χ3n) is 2.97. The normalized spacial score (nSPS) is 10.4. The molecular weight excluding hydrogens is 264 g/mol. The monoisotopic (exact) mass is 286 g/mol. The first-order valence-electron chi connectivity index (χ1n) is 7.33. The predicted molar refractivity (Wildman–Crippen MR) is 84.9 cm³/mol. The summed E-state index contributed by atoms with van der Waals surface area (Å²) in [4.78, 5) is 10.9. The smallest absolute Gasteiger partial charge is 0.233 e. The lowest BCUT2D eigenvalue weighted by atomic mass is 10.2. The molecule has 2 N–H and O–H groups in total. The van der Waals surface area contributed by atoms with Crippen molar-refractivity contribution in [1.82, 2.24) is 9.97 Å². The van der Waals surface area contributed by atoms with Gasteiger partial charge >= 0.3 is 0 Å². The highest BCUT2D eigenvalue weighted by molar-refractivity contribution is 5.57. The van der Waals surface area contributed by atoms with Crippen LogP contribution in [-0.4, -0.2) is 29.7 Å². The van der Waals surface area contributed by atoms with E-state index in [0.29, 0.717) is 25.0 Å². The number of benzene rings is 1. The average Bonchev–Trinajstić information content (AvgIpc) is 2.55. The molecule has 0 amide bonds. The van der Waals surface area contributed by atoms with E-state index in [1.54, 1.807) is 12.3 Å². The summed E-state index contributed by atoms with van der Waals surface area (Å²) in [6.45, 7) is 4.14. The van der Waals surface area contributed by atoms with Gasteiger partial charge in [0.15, 0.2) is 0 Å². The minimum absolute atomic E-state index is 0.607. The first kappa shape index (κ1) is 15.3. The Balaban J connectivity index is 2.23. The van der Waals surface area contributed by atoms with E-state index in [0.717, 1.165) is 25.1 Å². The Morgan fingerprint density at radius 1 is 1.19 bits per heavy atom. The third kappa shape index (κ3) is 4.43. The van der Waals surface area contributed by atoms with Crippen molar-refractivity contribution in [3.63, 3.8) is 0 Å². The van der Waals surface area contributed by atoms with E-state index in [-0.39, 0.29) is 0 Å². The second kappa shape index (κ2) is 8.21. The van der Waals surface area contributed by atoms with Crippen LogP contribution in [0.1, 0.15) is 19.8 Å². The van der Waals surface area contributed by atoms with Crippen LogP contribution in [0.25, 0.3) is 0 Å². The van der Waals surface area contributed by atoms with Gasteiger partial charge in [-0.25, -0.2) is 4.98 Å². The van der Waals surface area contributed by atoms with Crippen LogP contribution in [0.3, 0.4) is 0 Å². The van der Waals surface area contributed by atoms with Gasteiger partial charge in [-0.3, -0.25) is 0 Å². The van der Waals surface area contributed by atoms with E-state index >= 15 is 0 Å². The Bertz CT molecular complexity index is 533. The number of aromatic nitrogens is 2. The van der Waals surface area contributed by atoms with E-state index in [1.165, 1.54) is 0 Å². The molecule has 0 unspecified atom stereocenters. The Hall–Kier alpha value is -2.14. The molecule has 0 saturated heterocycles. The lowest BCUT2D eigenvalue weighted by molar-refractivity contribution is 0.305. The average molecular weight is 286 g/mol. The summed E-state index contributed by atoms with van der Waals surface area (Å²) in [7, 11) is 0. The first-order chi connectivity index (χ1) is 10.3. The molecule has 0 radical (unpaired) electrons. The fraction of sp³-hybridized carbons (Fsp3) is 0.375. The zero-order valence-corrected chi connectivity index (χ0v) is 12.4. The number of hydrogen-bond acceptors (Lipinski definition) is 5. The second-order valence-corrected chi connectivity index (χ2v) is 4.67. The maximum Gasteiger partial charge on any atom is 0.233 e. The maximum absolute atomic E-state index is 5.64. The highest BCUT2D eigenvalue weighted by atomic mass is 16.5. The molecular formula is C16H22N4O. The molecule has 0 spiro atoms. The summed E-state index contributed by atoms with van der Waals surface area (Å²) in [6.07, 6.45) is 3.55. The van der Waals surface area contributed by atoms with Crippen molar-refractivity contribution in [3.05, 3.63) is 42.6 Å². The summed E-state index contributed by atoms with van der Waals surface area (Å²) in [5.41, 5.74) is 6.69. The van der Waals surface area contributed by atoms with E-state index < -0.39 is 0 Å². The van der Waals surface area contributed by atoms with Crippen molar-refractivity contribution >= 4 is 11.6 Å². The van der Waals surface area contributed by atoms with Crippen molar-refractivity contribution in [2.45, 2.75) is 19.8 Å². The van der Waals surface area contributed by atoms with Gasteiger partial charge in [0.2, 0.25) is 11.8 Å². The number of ether oxygens (including phenoxy) is 1. The second-order valence-electron chi connectivity index (χ2n) is 4.67. The van der Waals surface area contributed by atoms with E-state index in [2.05, 4.69) is 21.8 Å². The number of para-hydroxylation sites is 1. The quantitative estimate of drug-likeness (QED) is 0.808. The fourth-order valence-electron chi connectivity index (χ4n) is 1.95. The van der Waals surface area contributed by atoms with Crippen LogP contribution in [0.4, 0.5) is 11.6 Å². The Morgan fingerprint density at radius 3 is 2.71 bits per heavy atom. The van der Waals surface area contributed by atoms with E-state index in [1.807, 2.05) is 30.3 Å². The summed E-state index contributed by atoms with van der Waals surface area (Å²) in [5, 5.41) is 0. The summed E-state index contributed by atoms with van der Waals surface area (Å²) >= 11 is 0. The fourth-order valence-corrected chi connectivity index (χ4v) is 1.95. The van der Waals surface area contributed by atoms with Gasteiger partial charge in [-0.2, -0.15) is 4.98 Å². The molecule has 1 aromatic heterocycles. The SMILES string of the molecule is CCCOc1ccnc(N(CCCN)c2ccccc2)n1.